The van der Waals surface area contributed by atoms with E-state index in [2.05, 4.69) is 13.4 Å². The number of para-hydroxylation sites is 1. The van der Waals surface area contributed by atoms with Crippen LogP contribution in [0.2, 0.25) is 0 Å². The molecule has 1 N–H and O–H groups in total. The first-order valence-electron chi connectivity index (χ1n) is 4.72. The number of alkyl halides is 3. The van der Waals surface area contributed by atoms with Crippen LogP contribution < -0.4 is 4.74 Å². The lowest BCUT2D eigenvalue weighted by Crippen LogP contribution is -2.19. The Bertz CT molecular complexity index is 586. The van der Waals surface area contributed by atoms with Crippen LogP contribution in [0.3, 0.4) is 0 Å². The fourth-order valence-corrected chi connectivity index (χ4v) is 2.22. The van der Waals surface area contributed by atoms with Crippen LogP contribution in [0.25, 0.3) is 0 Å². The van der Waals surface area contributed by atoms with Crippen molar-refractivity contribution in [1.29, 1.82) is 0 Å². The topological polar surface area (TPSA) is 99.1 Å². The number of ether oxygens (including phenoxy) is 1. The number of hydrogen-bond acceptors (Lipinski definition) is 6. The zero-order valence-electron chi connectivity index (χ0n) is 9.46. The van der Waals surface area contributed by atoms with Gasteiger partial charge in [0.05, 0.1) is 0 Å². The lowest BCUT2D eigenvalue weighted by molar-refractivity contribution is -0.275. The molecule has 7 nitrogen and oxygen atoms in total. The molecule has 0 fully saturated rings. The van der Waals surface area contributed by atoms with Gasteiger partial charge in [-0.3, -0.25) is 9.09 Å². The molecule has 0 amide bonds. The quantitative estimate of drug-likeness (QED) is 0.479. The highest BCUT2D eigenvalue weighted by molar-refractivity contribution is 7.86. The maximum absolute atomic E-state index is 12.1. The molecule has 0 aromatic heterocycles. The van der Waals surface area contributed by atoms with Crippen molar-refractivity contribution in [1.82, 2.24) is 0 Å². The third-order valence-electron chi connectivity index (χ3n) is 1.73. The molecule has 1 rings (SSSR count). The lowest BCUT2D eigenvalue weighted by Gasteiger charge is -2.13. The van der Waals surface area contributed by atoms with E-state index in [1.54, 1.807) is 0 Å². The molecule has 114 valence electrons. The molecule has 0 aliphatic carbocycles. The van der Waals surface area contributed by atoms with Gasteiger partial charge < -0.3 is 9.63 Å². The van der Waals surface area contributed by atoms with Gasteiger partial charge in [-0.1, -0.05) is 12.1 Å². The molecule has 0 aliphatic heterocycles. The molecule has 0 saturated carbocycles. The number of halogens is 3. The predicted molar refractivity (Wildman–Crippen MR) is 58.6 cm³/mol. The molecule has 0 spiro atoms. The first-order chi connectivity index (χ1) is 9.12. The third kappa shape index (κ3) is 5.47. The van der Waals surface area contributed by atoms with Crippen molar-refractivity contribution >= 4 is 18.4 Å². The predicted octanol–water partition coefficient (Wildman–Crippen LogP) is 1.65. The Labute approximate surface area is 112 Å². The van der Waals surface area contributed by atoms with Crippen molar-refractivity contribution in [3.05, 3.63) is 24.3 Å². The van der Waals surface area contributed by atoms with E-state index < -0.39 is 42.2 Å². The number of rotatable bonds is 6. The summed E-state index contributed by atoms with van der Waals surface area (Å²) in [6.45, 7) is -1.11. The van der Waals surface area contributed by atoms with Crippen LogP contribution in [-0.4, -0.2) is 26.5 Å². The Hall–Kier alpha value is -1.13. The highest BCUT2D eigenvalue weighted by atomic mass is 32.2. The summed E-state index contributed by atoms with van der Waals surface area (Å²) < 4.78 is 81.4. The van der Waals surface area contributed by atoms with Gasteiger partial charge >= 0.3 is 24.7 Å². The maximum Gasteiger partial charge on any atom is 0.573 e. The van der Waals surface area contributed by atoms with Crippen LogP contribution in [0, 0.1) is 0 Å². The number of benzene rings is 1. The van der Waals surface area contributed by atoms with Crippen LogP contribution in [0.15, 0.2) is 29.2 Å². The summed E-state index contributed by atoms with van der Waals surface area (Å²) in [6.07, 6.45) is -5.08. The summed E-state index contributed by atoms with van der Waals surface area (Å²) in [5.74, 6) is -0.989. The highest BCUT2D eigenvalue weighted by Gasteiger charge is 2.34. The van der Waals surface area contributed by atoms with Crippen molar-refractivity contribution in [3.8, 4) is 5.75 Å². The molecule has 1 aromatic rings. The van der Waals surface area contributed by atoms with E-state index >= 15 is 0 Å². The summed E-state index contributed by atoms with van der Waals surface area (Å²) in [5.41, 5.74) is 0. The average Bonchev–Trinajstić information content (AvgIpc) is 2.26. The largest absolute Gasteiger partial charge is 0.573 e. The Balaban J connectivity index is 2.97. The fourth-order valence-electron chi connectivity index (χ4n) is 1.07. The van der Waals surface area contributed by atoms with Crippen molar-refractivity contribution < 1.29 is 44.5 Å². The van der Waals surface area contributed by atoms with E-state index in [0.717, 1.165) is 24.3 Å². The van der Waals surface area contributed by atoms with Crippen LogP contribution >= 0.6 is 8.25 Å². The van der Waals surface area contributed by atoms with Gasteiger partial charge in [0, 0.05) is 0 Å². The van der Waals surface area contributed by atoms with Crippen LogP contribution in [0.1, 0.15) is 0 Å². The molecular formula is C8H8F3O7PS. The Morgan fingerprint density at radius 3 is 2.40 bits per heavy atom. The molecular weight excluding hydrogens is 328 g/mol. The molecule has 0 saturated heterocycles. The molecule has 1 atom stereocenters. The van der Waals surface area contributed by atoms with Gasteiger partial charge in [-0.25, -0.2) is 4.18 Å². The van der Waals surface area contributed by atoms with Crippen LogP contribution in [-0.2, 0) is 23.4 Å². The third-order valence-corrected chi connectivity index (χ3v) is 3.38. The molecule has 1 aromatic carbocycles. The summed E-state index contributed by atoms with van der Waals surface area (Å²) in [4.78, 5) is 7.41. The summed E-state index contributed by atoms with van der Waals surface area (Å²) >= 11 is 0. The summed E-state index contributed by atoms with van der Waals surface area (Å²) in [6, 6.07) is 3.87. The Morgan fingerprint density at radius 2 is 1.85 bits per heavy atom. The van der Waals surface area contributed by atoms with Gasteiger partial charge in [0.1, 0.15) is 4.90 Å². The maximum atomic E-state index is 12.1. The van der Waals surface area contributed by atoms with E-state index in [4.69, 9.17) is 4.89 Å². The molecule has 20 heavy (non-hydrogen) atoms. The Kier molecular flexibility index (Phi) is 5.54. The van der Waals surface area contributed by atoms with E-state index in [0.29, 0.717) is 0 Å². The highest BCUT2D eigenvalue weighted by Crippen LogP contribution is 2.30. The Morgan fingerprint density at radius 1 is 1.25 bits per heavy atom. The minimum atomic E-state index is -5.08. The van der Waals surface area contributed by atoms with E-state index in [-0.39, 0.29) is 0 Å². The molecule has 12 heteroatoms. The minimum absolute atomic E-state index is 0.777. The monoisotopic (exact) mass is 336 g/mol. The van der Waals surface area contributed by atoms with Crippen LogP contribution in [0.4, 0.5) is 13.2 Å². The number of hydrogen-bond donors (Lipinski definition) is 1. The van der Waals surface area contributed by atoms with Gasteiger partial charge in [-0.05, 0) is 12.1 Å². The zero-order valence-corrected chi connectivity index (χ0v) is 11.3. The molecule has 0 bridgehead atoms. The van der Waals surface area contributed by atoms with Crippen molar-refractivity contribution in [3.63, 3.8) is 0 Å². The van der Waals surface area contributed by atoms with Crippen molar-refractivity contribution in [2.45, 2.75) is 11.3 Å². The second-order valence-electron chi connectivity index (χ2n) is 3.09. The van der Waals surface area contributed by atoms with E-state index in [9.17, 15) is 26.2 Å². The molecule has 0 heterocycles. The van der Waals surface area contributed by atoms with Gasteiger partial charge in [0.15, 0.2) is 12.5 Å². The SMILES string of the molecule is O=[PH](O)OCOS(=O)(=O)c1ccccc1OC(F)(F)F. The average molecular weight is 336 g/mol. The van der Waals surface area contributed by atoms with E-state index in [1.165, 1.54) is 0 Å². The van der Waals surface area contributed by atoms with Gasteiger partial charge in [-0.2, -0.15) is 8.42 Å². The second kappa shape index (κ2) is 6.55. The van der Waals surface area contributed by atoms with Crippen LogP contribution in [0.5, 0.6) is 5.75 Å². The lowest BCUT2D eigenvalue weighted by atomic mass is 10.3. The first kappa shape index (κ1) is 16.9. The zero-order chi connectivity index (χ0) is 15.4. The minimum Gasteiger partial charge on any atom is -0.404 e. The first-order valence-corrected chi connectivity index (χ1v) is 7.39. The van der Waals surface area contributed by atoms with Gasteiger partial charge in [-0.15, -0.1) is 13.2 Å². The standard InChI is InChI=1S/C8H8F3O7PS/c9-8(10,11)18-6-3-1-2-4-7(6)20(14,15)17-5-16-19(12)13/h1-4,19H,5H2,(H,12,13). The van der Waals surface area contributed by atoms with Gasteiger partial charge in [0.2, 0.25) is 0 Å². The second-order valence-corrected chi connectivity index (χ2v) is 5.50. The summed E-state index contributed by atoms with van der Waals surface area (Å²) in [7, 11) is -8.07. The van der Waals surface area contributed by atoms with Crippen molar-refractivity contribution in [2.75, 3.05) is 6.79 Å². The van der Waals surface area contributed by atoms with E-state index in [1.807, 2.05) is 0 Å². The molecule has 1 unspecified atom stereocenters. The normalized spacial score (nSPS) is 14.0. The smallest absolute Gasteiger partial charge is 0.404 e. The molecule has 0 aliphatic rings. The summed E-state index contributed by atoms with van der Waals surface area (Å²) in [5, 5.41) is 0. The van der Waals surface area contributed by atoms with Gasteiger partial charge in [0.25, 0.3) is 0 Å². The molecule has 0 radical (unpaired) electrons. The fraction of sp³-hybridized carbons (Fsp3) is 0.250. The van der Waals surface area contributed by atoms with Crippen molar-refractivity contribution in [2.24, 2.45) is 0 Å².